The van der Waals surface area contributed by atoms with Gasteiger partial charge in [0, 0.05) is 19.1 Å². The summed E-state index contributed by atoms with van der Waals surface area (Å²) in [7, 11) is 0. The fourth-order valence-corrected chi connectivity index (χ4v) is 3.10. The van der Waals surface area contributed by atoms with E-state index in [0.29, 0.717) is 0 Å². The number of nitrogens with zero attached hydrogens (tertiary/aromatic N) is 1. The van der Waals surface area contributed by atoms with Gasteiger partial charge in [-0.1, -0.05) is 26.8 Å². The molecule has 1 aromatic rings. The molecule has 0 saturated carbocycles. The zero-order valence-corrected chi connectivity index (χ0v) is 13.2. The van der Waals surface area contributed by atoms with Crippen molar-refractivity contribution in [2.75, 3.05) is 24.5 Å². The molecule has 0 aromatic heterocycles. The van der Waals surface area contributed by atoms with Crippen LogP contribution in [0, 0.1) is 11.2 Å². The van der Waals surface area contributed by atoms with Crippen LogP contribution < -0.4 is 10.2 Å². The summed E-state index contributed by atoms with van der Waals surface area (Å²) in [5.74, 6) is -0.0926. The number of benzene rings is 1. The number of halogens is 1. The summed E-state index contributed by atoms with van der Waals surface area (Å²) in [4.78, 5) is 2.19. The van der Waals surface area contributed by atoms with Crippen molar-refractivity contribution in [1.82, 2.24) is 5.32 Å². The van der Waals surface area contributed by atoms with Gasteiger partial charge in [-0.05, 0) is 49.4 Å². The van der Waals surface area contributed by atoms with E-state index >= 15 is 0 Å². The second-order valence-corrected chi connectivity index (χ2v) is 6.68. The molecule has 1 saturated heterocycles. The second-order valence-electron chi connectivity index (χ2n) is 6.68. The number of rotatable bonds is 4. The van der Waals surface area contributed by atoms with Gasteiger partial charge < -0.3 is 10.2 Å². The largest absolute Gasteiger partial charge is 0.369 e. The Hall–Kier alpha value is -1.09. The van der Waals surface area contributed by atoms with E-state index in [9.17, 15) is 4.39 Å². The molecule has 1 aromatic carbocycles. The van der Waals surface area contributed by atoms with Crippen LogP contribution in [0.2, 0.25) is 0 Å². The first kappa shape index (κ1) is 15.3. The van der Waals surface area contributed by atoms with Gasteiger partial charge >= 0.3 is 0 Å². The second kappa shape index (κ2) is 6.13. The highest BCUT2D eigenvalue weighted by molar-refractivity contribution is 5.50. The third kappa shape index (κ3) is 3.51. The molecule has 0 amide bonds. The molecule has 2 nitrogen and oxygen atoms in total. The fourth-order valence-electron chi connectivity index (χ4n) is 3.10. The van der Waals surface area contributed by atoms with E-state index in [0.717, 1.165) is 37.3 Å². The molecular weight excluding hydrogens is 251 g/mol. The van der Waals surface area contributed by atoms with Crippen molar-refractivity contribution in [2.24, 2.45) is 5.41 Å². The average molecular weight is 278 g/mol. The highest BCUT2D eigenvalue weighted by Gasteiger charge is 2.27. The molecule has 1 unspecified atom stereocenters. The van der Waals surface area contributed by atoms with Crippen LogP contribution in [-0.4, -0.2) is 19.6 Å². The van der Waals surface area contributed by atoms with Crippen LogP contribution in [0.4, 0.5) is 10.1 Å². The molecule has 0 bridgehead atoms. The molecule has 1 heterocycles. The summed E-state index contributed by atoms with van der Waals surface area (Å²) < 4.78 is 14.4. The zero-order chi connectivity index (χ0) is 14.8. The van der Waals surface area contributed by atoms with E-state index in [1.165, 1.54) is 6.42 Å². The SMILES string of the molecule is CCNC(C)c1ccc(N2CCCC(C)(C)C2)c(F)c1. The third-order valence-electron chi connectivity index (χ3n) is 4.22. The highest BCUT2D eigenvalue weighted by Crippen LogP contribution is 2.33. The molecule has 1 aliphatic heterocycles. The van der Waals surface area contributed by atoms with Crippen molar-refractivity contribution in [3.05, 3.63) is 29.6 Å². The van der Waals surface area contributed by atoms with Crippen LogP contribution >= 0.6 is 0 Å². The Kier molecular flexibility index (Phi) is 4.69. The molecule has 1 aliphatic rings. The van der Waals surface area contributed by atoms with Crippen LogP contribution in [0.15, 0.2) is 18.2 Å². The van der Waals surface area contributed by atoms with Gasteiger partial charge in [-0.15, -0.1) is 0 Å². The lowest BCUT2D eigenvalue weighted by Crippen LogP contribution is -2.40. The van der Waals surface area contributed by atoms with E-state index in [4.69, 9.17) is 0 Å². The monoisotopic (exact) mass is 278 g/mol. The summed E-state index contributed by atoms with van der Waals surface area (Å²) in [5.41, 5.74) is 2.05. The Labute approximate surface area is 122 Å². The van der Waals surface area contributed by atoms with Gasteiger partial charge in [0.2, 0.25) is 0 Å². The van der Waals surface area contributed by atoms with Crippen LogP contribution in [-0.2, 0) is 0 Å². The predicted octanol–water partition coefficient (Wildman–Crippen LogP) is 4.12. The molecule has 2 rings (SSSR count). The van der Waals surface area contributed by atoms with Crippen molar-refractivity contribution >= 4 is 5.69 Å². The van der Waals surface area contributed by atoms with Crippen LogP contribution in [0.25, 0.3) is 0 Å². The van der Waals surface area contributed by atoms with Crippen LogP contribution in [0.1, 0.15) is 52.1 Å². The maximum absolute atomic E-state index is 14.4. The van der Waals surface area contributed by atoms with Crippen molar-refractivity contribution in [3.63, 3.8) is 0 Å². The number of hydrogen-bond acceptors (Lipinski definition) is 2. The smallest absolute Gasteiger partial charge is 0.146 e. The molecule has 0 aliphatic carbocycles. The quantitative estimate of drug-likeness (QED) is 0.891. The summed E-state index contributed by atoms with van der Waals surface area (Å²) in [6.45, 7) is 11.5. The van der Waals surface area contributed by atoms with E-state index in [2.05, 4.69) is 37.9 Å². The standard InChI is InChI=1S/C17H27FN2/c1-5-19-13(2)14-7-8-16(15(18)11-14)20-10-6-9-17(3,4)12-20/h7-8,11,13,19H,5-6,9-10,12H2,1-4H3. The molecule has 112 valence electrons. The first-order valence-corrected chi connectivity index (χ1v) is 7.71. The maximum Gasteiger partial charge on any atom is 0.146 e. The van der Waals surface area contributed by atoms with Gasteiger partial charge in [-0.25, -0.2) is 4.39 Å². The predicted molar refractivity (Wildman–Crippen MR) is 83.7 cm³/mol. The van der Waals surface area contributed by atoms with E-state index in [1.54, 1.807) is 6.07 Å². The number of anilines is 1. The Morgan fingerprint density at radius 3 is 2.75 bits per heavy atom. The molecule has 1 fully saturated rings. The van der Waals surface area contributed by atoms with Gasteiger partial charge in [0.15, 0.2) is 0 Å². The summed E-state index contributed by atoms with van der Waals surface area (Å²) in [6, 6.07) is 5.87. The number of hydrogen-bond donors (Lipinski definition) is 1. The minimum atomic E-state index is -0.0926. The number of nitrogens with one attached hydrogen (secondary N) is 1. The summed E-state index contributed by atoms with van der Waals surface area (Å²) in [6.07, 6.45) is 2.36. The Morgan fingerprint density at radius 2 is 2.15 bits per heavy atom. The van der Waals surface area contributed by atoms with E-state index in [-0.39, 0.29) is 17.3 Å². The Morgan fingerprint density at radius 1 is 1.40 bits per heavy atom. The van der Waals surface area contributed by atoms with E-state index in [1.807, 2.05) is 12.1 Å². The van der Waals surface area contributed by atoms with Gasteiger partial charge in [-0.2, -0.15) is 0 Å². The van der Waals surface area contributed by atoms with Gasteiger partial charge in [0.1, 0.15) is 5.82 Å². The minimum Gasteiger partial charge on any atom is -0.369 e. The van der Waals surface area contributed by atoms with Crippen molar-refractivity contribution in [3.8, 4) is 0 Å². The first-order chi connectivity index (χ1) is 9.43. The third-order valence-corrected chi connectivity index (χ3v) is 4.22. The molecular formula is C17H27FN2. The van der Waals surface area contributed by atoms with Crippen molar-refractivity contribution in [2.45, 2.75) is 46.6 Å². The van der Waals surface area contributed by atoms with Gasteiger partial charge in [0.25, 0.3) is 0 Å². The summed E-state index contributed by atoms with van der Waals surface area (Å²) >= 11 is 0. The Balaban J connectivity index is 2.17. The maximum atomic E-state index is 14.4. The first-order valence-electron chi connectivity index (χ1n) is 7.71. The average Bonchev–Trinajstić information content (AvgIpc) is 2.37. The van der Waals surface area contributed by atoms with Crippen molar-refractivity contribution in [1.29, 1.82) is 0 Å². The Bertz CT molecular complexity index is 456. The lowest BCUT2D eigenvalue weighted by Gasteiger charge is -2.39. The van der Waals surface area contributed by atoms with Crippen LogP contribution in [0.3, 0.4) is 0 Å². The summed E-state index contributed by atoms with van der Waals surface area (Å²) in [5, 5.41) is 3.32. The van der Waals surface area contributed by atoms with Crippen molar-refractivity contribution < 1.29 is 4.39 Å². The molecule has 3 heteroatoms. The molecule has 1 atom stereocenters. The fraction of sp³-hybridized carbons (Fsp3) is 0.647. The highest BCUT2D eigenvalue weighted by atomic mass is 19.1. The number of piperidine rings is 1. The molecule has 0 radical (unpaired) electrons. The molecule has 0 spiro atoms. The van der Waals surface area contributed by atoms with Gasteiger partial charge in [0.05, 0.1) is 5.69 Å². The molecule has 20 heavy (non-hydrogen) atoms. The van der Waals surface area contributed by atoms with Crippen LogP contribution in [0.5, 0.6) is 0 Å². The lowest BCUT2D eigenvalue weighted by molar-refractivity contribution is 0.292. The zero-order valence-electron chi connectivity index (χ0n) is 13.2. The lowest BCUT2D eigenvalue weighted by atomic mass is 9.84. The van der Waals surface area contributed by atoms with E-state index < -0.39 is 0 Å². The minimum absolute atomic E-state index is 0.0926. The van der Waals surface area contributed by atoms with Gasteiger partial charge in [-0.3, -0.25) is 0 Å². The topological polar surface area (TPSA) is 15.3 Å². The normalized spacial score (nSPS) is 19.9. The molecule has 1 N–H and O–H groups in total.